The van der Waals surface area contributed by atoms with Gasteiger partial charge in [-0.3, -0.25) is 9.97 Å². The average molecular weight is 499 g/mol. The molecular formula is C30H22N6S. The van der Waals surface area contributed by atoms with Gasteiger partial charge in [0.25, 0.3) is 0 Å². The molecule has 4 aromatic heterocycles. The predicted octanol–water partition coefficient (Wildman–Crippen LogP) is 5.88. The Morgan fingerprint density at radius 1 is 0.865 bits per heavy atom. The van der Waals surface area contributed by atoms with Crippen molar-refractivity contribution in [3.63, 3.8) is 0 Å². The molecule has 0 aliphatic rings. The number of nitriles is 1. The van der Waals surface area contributed by atoms with Crippen LogP contribution in [0.3, 0.4) is 0 Å². The van der Waals surface area contributed by atoms with Crippen LogP contribution in [0.25, 0.3) is 32.3 Å². The Morgan fingerprint density at radius 2 is 1.59 bits per heavy atom. The molecule has 0 aliphatic heterocycles. The lowest BCUT2D eigenvalue weighted by Gasteiger charge is -2.29. The first-order valence-electron chi connectivity index (χ1n) is 11.7. The Bertz CT molecular complexity index is 1750. The summed E-state index contributed by atoms with van der Waals surface area (Å²) in [5.74, 6) is 0. The van der Waals surface area contributed by atoms with E-state index in [0.717, 1.165) is 48.5 Å². The van der Waals surface area contributed by atoms with Crippen molar-refractivity contribution in [2.75, 3.05) is 0 Å². The van der Waals surface area contributed by atoms with Gasteiger partial charge >= 0.3 is 0 Å². The third kappa shape index (κ3) is 3.89. The number of imidazole rings is 1. The van der Waals surface area contributed by atoms with Crippen LogP contribution in [0.15, 0.2) is 104 Å². The molecule has 0 fully saturated rings. The molecular weight excluding hydrogens is 476 g/mol. The van der Waals surface area contributed by atoms with Crippen molar-refractivity contribution in [2.45, 2.75) is 5.54 Å². The van der Waals surface area contributed by atoms with Crippen LogP contribution < -0.4 is 5.73 Å². The molecule has 178 valence electrons. The fourth-order valence-corrected chi connectivity index (χ4v) is 6.02. The number of hydrogen-bond donors (Lipinski definition) is 1. The van der Waals surface area contributed by atoms with E-state index in [1.165, 1.54) is 0 Å². The van der Waals surface area contributed by atoms with Gasteiger partial charge in [0, 0.05) is 57.9 Å². The highest BCUT2D eigenvalue weighted by Gasteiger charge is 2.36. The Kier molecular flexibility index (Phi) is 5.61. The van der Waals surface area contributed by atoms with Gasteiger partial charge < -0.3 is 10.3 Å². The second-order valence-electron chi connectivity index (χ2n) is 8.92. The molecule has 1 unspecified atom stereocenters. The number of aromatic nitrogens is 4. The van der Waals surface area contributed by atoms with Crippen molar-refractivity contribution in [2.24, 2.45) is 12.8 Å². The SMILES string of the molecule is Cn1cncc1C(N)(c1ccc(C#N)cc1)c1cc2c(-c3cccnc3)cc(-c3cccnc3)cc2s1. The number of hydrogen-bond acceptors (Lipinski definition) is 6. The molecule has 37 heavy (non-hydrogen) atoms. The highest BCUT2D eigenvalue weighted by molar-refractivity contribution is 7.19. The number of nitrogens with two attached hydrogens (primary N) is 1. The largest absolute Gasteiger partial charge is 0.335 e. The standard InChI is InChI=1S/C30H22N6S/c1-36-19-35-18-28(36)30(32,24-8-6-20(15-31)7-9-24)29-14-26-25(22-5-3-11-34-17-22)12-23(13-27(26)37-29)21-4-2-10-33-16-21/h2-14,16-19H,32H2,1H3. The summed E-state index contributed by atoms with van der Waals surface area (Å²) in [6.45, 7) is 0. The molecule has 1 atom stereocenters. The van der Waals surface area contributed by atoms with Crippen LogP contribution in [-0.4, -0.2) is 19.5 Å². The van der Waals surface area contributed by atoms with Crippen molar-refractivity contribution in [3.8, 4) is 28.3 Å². The van der Waals surface area contributed by atoms with E-state index < -0.39 is 5.54 Å². The number of benzene rings is 2. The summed E-state index contributed by atoms with van der Waals surface area (Å²) in [6.07, 6.45) is 10.9. The lowest BCUT2D eigenvalue weighted by atomic mass is 9.85. The third-order valence-electron chi connectivity index (χ3n) is 6.68. The smallest absolute Gasteiger partial charge is 0.118 e. The summed E-state index contributed by atoms with van der Waals surface area (Å²) in [4.78, 5) is 14.0. The minimum atomic E-state index is -0.969. The number of nitrogens with zero attached hydrogens (tertiary/aromatic N) is 5. The van der Waals surface area contributed by atoms with Gasteiger partial charge in [-0.05, 0) is 59.2 Å². The second-order valence-corrected chi connectivity index (χ2v) is 10.0. The lowest BCUT2D eigenvalue weighted by Crippen LogP contribution is -2.40. The van der Waals surface area contributed by atoms with Gasteiger partial charge in [-0.1, -0.05) is 24.3 Å². The normalized spacial score (nSPS) is 12.8. The van der Waals surface area contributed by atoms with Crippen LogP contribution in [0.4, 0.5) is 0 Å². The van der Waals surface area contributed by atoms with E-state index in [2.05, 4.69) is 51.4 Å². The van der Waals surface area contributed by atoms with Crippen LogP contribution in [0, 0.1) is 11.3 Å². The zero-order valence-corrected chi connectivity index (χ0v) is 20.9. The minimum Gasteiger partial charge on any atom is -0.335 e. The van der Waals surface area contributed by atoms with Crippen molar-refractivity contribution in [3.05, 3.63) is 126 Å². The first-order valence-corrected chi connectivity index (χ1v) is 12.5. The Morgan fingerprint density at radius 3 is 2.22 bits per heavy atom. The zero-order chi connectivity index (χ0) is 25.4. The number of aryl methyl sites for hydroxylation is 1. The summed E-state index contributed by atoms with van der Waals surface area (Å²) in [5, 5.41) is 10.4. The molecule has 2 N–H and O–H groups in total. The van der Waals surface area contributed by atoms with Gasteiger partial charge in [0.1, 0.15) is 5.54 Å². The van der Waals surface area contributed by atoms with Crippen LogP contribution in [0.2, 0.25) is 0 Å². The molecule has 0 radical (unpaired) electrons. The molecule has 6 rings (SSSR count). The van der Waals surface area contributed by atoms with Gasteiger partial charge in [-0.15, -0.1) is 11.3 Å². The van der Waals surface area contributed by atoms with E-state index in [-0.39, 0.29) is 0 Å². The molecule has 0 spiro atoms. The van der Waals surface area contributed by atoms with Crippen LogP contribution >= 0.6 is 11.3 Å². The second kappa shape index (κ2) is 9.10. The van der Waals surface area contributed by atoms with E-state index in [1.807, 2.05) is 66.6 Å². The van der Waals surface area contributed by atoms with Gasteiger partial charge in [0.2, 0.25) is 0 Å². The Hall–Kier alpha value is -4.64. The number of thiophene rings is 1. The highest BCUT2D eigenvalue weighted by Crippen LogP contribution is 2.44. The van der Waals surface area contributed by atoms with Crippen molar-refractivity contribution >= 4 is 21.4 Å². The molecule has 0 saturated carbocycles. The first kappa shape index (κ1) is 22.8. The maximum absolute atomic E-state index is 9.33. The first-order chi connectivity index (χ1) is 18.1. The Balaban J connectivity index is 1.63. The molecule has 6 nitrogen and oxygen atoms in total. The van der Waals surface area contributed by atoms with Gasteiger partial charge in [-0.2, -0.15) is 5.26 Å². The maximum atomic E-state index is 9.33. The average Bonchev–Trinajstić information content (AvgIpc) is 3.60. The van der Waals surface area contributed by atoms with Crippen LogP contribution in [0.5, 0.6) is 0 Å². The van der Waals surface area contributed by atoms with Gasteiger partial charge in [0.15, 0.2) is 0 Å². The minimum absolute atomic E-state index is 0.590. The lowest BCUT2D eigenvalue weighted by molar-refractivity contribution is 0.607. The molecule has 0 bridgehead atoms. The number of fused-ring (bicyclic) bond motifs is 1. The monoisotopic (exact) mass is 498 g/mol. The van der Waals surface area contributed by atoms with Crippen molar-refractivity contribution in [1.29, 1.82) is 5.26 Å². The van der Waals surface area contributed by atoms with Crippen LogP contribution in [-0.2, 0) is 12.6 Å². The highest BCUT2D eigenvalue weighted by atomic mass is 32.1. The zero-order valence-electron chi connectivity index (χ0n) is 20.0. The molecule has 0 aliphatic carbocycles. The predicted molar refractivity (Wildman–Crippen MR) is 147 cm³/mol. The number of rotatable bonds is 5. The summed E-state index contributed by atoms with van der Waals surface area (Å²) in [5.41, 5.74) is 12.9. The van der Waals surface area contributed by atoms with E-state index in [4.69, 9.17) is 5.73 Å². The summed E-state index contributed by atoms with van der Waals surface area (Å²) in [6, 6.07) is 24.3. The quantitative estimate of drug-likeness (QED) is 0.320. The summed E-state index contributed by atoms with van der Waals surface area (Å²) >= 11 is 1.66. The van der Waals surface area contributed by atoms with E-state index in [0.29, 0.717) is 5.56 Å². The molecule has 0 saturated heterocycles. The van der Waals surface area contributed by atoms with E-state index in [1.54, 1.807) is 30.1 Å². The van der Waals surface area contributed by atoms with E-state index in [9.17, 15) is 5.26 Å². The Labute approximate surface area is 218 Å². The topological polar surface area (TPSA) is 93.4 Å². The van der Waals surface area contributed by atoms with Gasteiger partial charge in [-0.25, -0.2) is 4.98 Å². The molecule has 4 heterocycles. The van der Waals surface area contributed by atoms with Crippen molar-refractivity contribution < 1.29 is 0 Å². The fraction of sp³-hybridized carbons (Fsp3) is 0.0667. The third-order valence-corrected chi connectivity index (χ3v) is 7.90. The molecule has 0 amide bonds. The van der Waals surface area contributed by atoms with Crippen molar-refractivity contribution in [1.82, 2.24) is 19.5 Å². The van der Waals surface area contributed by atoms with Gasteiger partial charge in [0.05, 0.1) is 29.9 Å². The molecule has 6 aromatic rings. The van der Waals surface area contributed by atoms with E-state index >= 15 is 0 Å². The summed E-state index contributed by atoms with van der Waals surface area (Å²) < 4.78 is 3.06. The molecule has 7 heteroatoms. The summed E-state index contributed by atoms with van der Waals surface area (Å²) in [7, 11) is 1.95. The van der Waals surface area contributed by atoms with Crippen LogP contribution in [0.1, 0.15) is 21.7 Å². The number of pyridine rings is 2. The fourth-order valence-electron chi connectivity index (χ4n) is 4.76. The molecule has 2 aromatic carbocycles. The maximum Gasteiger partial charge on any atom is 0.118 e.